The van der Waals surface area contributed by atoms with Crippen LogP contribution in [0, 0.1) is 0 Å². The van der Waals surface area contributed by atoms with Gasteiger partial charge in [-0.25, -0.2) is 0 Å². The van der Waals surface area contributed by atoms with Crippen molar-refractivity contribution in [3.8, 4) is 55.6 Å². The van der Waals surface area contributed by atoms with Gasteiger partial charge in [-0.05, 0) is 159 Å². The Morgan fingerprint density at radius 3 is 1.70 bits per heavy atom. The molecule has 0 spiro atoms. The van der Waals surface area contributed by atoms with Crippen LogP contribution in [0.1, 0.15) is 83.1 Å². The first-order chi connectivity index (χ1) is 29.7. The van der Waals surface area contributed by atoms with Crippen LogP contribution in [0.15, 0.2) is 175 Å². The molecule has 0 radical (unpaired) electrons. The van der Waals surface area contributed by atoms with Crippen molar-refractivity contribution in [2.24, 2.45) is 0 Å². The average molecular weight is 785 g/mol. The average Bonchev–Trinajstić information content (AvgIpc) is 3.65. The van der Waals surface area contributed by atoms with Crippen LogP contribution in [0.3, 0.4) is 0 Å². The highest BCUT2D eigenvalue weighted by atomic mass is 14.4. The SMILES string of the molecule is CCCC1=C(CC)C(C)(C)c2cc(-c3c4ccccc4c(-c4cccc(-c5ccc6c(c5)C(C)(C)c5ccccc5-6)c4)c4ccc(-c5ccc6ccccc6c5)cc34)ccc21. The topological polar surface area (TPSA) is 0 Å². The number of hydrogen-bond acceptors (Lipinski definition) is 0. The van der Waals surface area contributed by atoms with Crippen LogP contribution in [0.4, 0.5) is 0 Å². The van der Waals surface area contributed by atoms with Crippen LogP contribution >= 0.6 is 0 Å². The molecule has 0 atom stereocenters. The minimum Gasteiger partial charge on any atom is -0.0651 e. The second-order valence-electron chi connectivity index (χ2n) is 18.6. The maximum atomic E-state index is 2.55. The van der Waals surface area contributed by atoms with Crippen molar-refractivity contribution in [1.29, 1.82) is 0 Å². The smallest absolute Gasteiger partial charge is 0.0159 e. The van der Waals surface area contributed by atoms with Crippen LogP contribution in [0.2, 0.25) is 0 Å². The van der Waals surface area contributed by atoms with Crippen LogP contribution in [-0.4, -0.2) is 0 Å². The molecule has 0 heteroatoms. The lowest BCUT2D eigenvalue weighted by atomic mass is 9.78. The van der Waals surface area contributed by atoms with E-state index in [2.05, 4.69) is 211 Å². The predicted octanol–water partition coefficient (Wildman–Crippen LogP) is 17.4. The lowest BCUT2D eigenvalue weighted by Crippen LogP contribution is -2.17. The molecule has 0 saturated heterocycles. The third kappa shape index (κ3) is 5.72. The molecule has 2 aliphatic rings. The standard InChI is InChI=1S/C61H52/c1-7-16-46-48-31-29-45(37-57(48)60(3,4)54(46)8-2)59-51-23-12-11-22-50(51)58(52-32-28-42(35-53(52)59)41-26-25-38-17-9-10-18-39(38)33-41)44-20-15-19-40(34-44)43-27-30-49-47-21-13-14-24-55(47)61(5,6)56(49)36-43/h9-15,17-37H,7-8,16H2,1-6H3. The van der Waals surface area contributed by atoms with Gasteiger partial charge in [0.1, 0.15) is 0 Å². The fourth-order valence-electron chi connectivity index (χ4n) is 11.5. The maximum Gasteiger partial charge on any atom is 0.0159 e. The Balaban J connectivity index is 1.14. The summed E-state index contributed by atoms with van der Waals surface area (Å²) in [5.41, 5.74) is 21.6. The molecule has 0 amide bonds. The Morgan fingerprint density at radius 1 is 0.361 bits per heavy atom. The van der Waals surface area contributed by atoms with Crippen LogP contribution in [0.25, 0.3) is 93.5 Å². The van der Waals surface area contributed by atoms with Crippen molar-refractivity contribution in [1.82, 2.24) is 0 Å². The fourth-order valence-corrected chi connectivity index (χ4v) is 11.5. The molecular formula is C61H52. The molecule has 296 valence electrons. The Labute approximate surface area is 361 Å². The van der Waals surface area contributed by atoms with Crippen molar-refractivity contribution in [3.05, 3.63) is 198 Å². The van der Waals surface area contributed by atoms with E-state index in [1.54, 1.807) is 11.1 Å². The lowest BCUT2D eigenvalue weighted by Gasteiger charge is -2.25. The summed E-state index contributed by atoms with van der Waals surface area (Å²) in [6.07, 6.45) is 3.37. The highest BCUT2D eigenvalue weighted by Crippen LogP contribution is 2.53. The van der Waals surface area contributed by atoms with Crippen molar-refractivity contribution in [2.75, 3.05) is 0 Å². The minimum atomic E-state index is -0.0525. The largest absolute Gasteiger partial charge is 0.0651 e. The summed E-state index contributed by atoms with van der Waals surface area (Å²) >= 11 is 0. The molecule has 0 nitrogen and oxygen atoms in total. The third-order valence-corrected chi connectivity index (χ3v) is 14.5. The van der Waals surface area contributed by atoms with Gasteiger partial charge in [0, 0.05) is 10.8 Å². The molecule has 9 aromatic rings. The Kier molecular flexibility index (Phi) is 8.63. The van der Waals surface area contributed by atoms with Gasteiger partial charge in [-0.2, -0.15) is 0 Å². The molecule has 9 aromatic carbocycles. The van der Waals surface area contributed by atoms with Crippen molar-refractivity contribution in [3.63, 3.8) is 0 Å². The van der Waals surface area contributed by atoms with Gasteiger partial charge >= 0.3 is 0 Å². The molecule has 0 aromatic heterocycles. The monoisotopic (exact) mass is 784 g/mol. The van der Waals surface area contributed by atoms with E-state index in [9.17, 15) is 0 Å². The van der Waals surface area contributed by atoms with Crippen LogP contribution < -0.4 is 0 Å². The van der Waals surface area contributed by atoms with Gasteiger partial charge in [0.2, 0.25) is 0 Å². The first-order valence-electron chi connectivity index (χ1n) is 22.4. The summed E-state index contributed by atoms with van der Waals surface area (Å²) in [6.45, 7) is 14.3. The molecule has 0 N–H and O–H groups in total. The summed E-state index contributed by atoms with van der Waals surface area (Å²) in [7, 11) is 0. The van der Waals surface area contributed by atoms with Gasteiger partial charge in [-0.3, -0.25) is 0 Å². The van der Waals surface area contributed by atoms with E-state index in [1.165, 1.54) is 110 Å². The molecule has 0 unspecified atom stereocenters. The fraction of sp³-hybridized carbons (Fsp3) is 0.180. The van der Waals surface area contributed by atoms with Crippen molar-refractivity contribution < 1.29 is 0 Å². The summed E-state index contributed by atoms with van der Waals surface area (Å²) in [5, 5.41) is 7.66. The third-order valence-electron chi connectivity index (χ3n) is 14.5. The van der Waals surface area contributed by atoms with Crippen molar-refractivity contribution >= 4 is 37.9 Å². The molecule has 11 rings (SSSR count). The summed E-state index contributed by atoms with van der Waals surface area (Å²) in [6, 6.07) is 64.7. The molecule has 0 bridgehead atoms. The van der Waals surface area contributed by atoms with E-state index >= 15 is 0 Å². The molecule has 2 aliphatic carbocycles. The van der Waals surface area contributed by atoms with Gasteiger partial charge in [-0.15, -0.1) is 0 Å². The first-order valence-corrected chi connectivity index (χ1v) is 22.4. The molecule has 61 heavy (non-hydrogen) atoms. The van der Waals surface area contributed by atoms with Gasteiger partial charge in [0.05, 0.1) is 0 Å². The zero-order valence-corrected chi connectivity index (χ0v) is 36.3. The molecule has 0 saturated carbocycles. The predicted molar refractivity (Wildman–Crippen MR) is 263 cm³/mol. The van der Waals surface area contributed by atoms with E-state index in [4.69, 9.17) is 0 Å². The summed E-state index contributed by atoms with van der Waals surface area (Å²) < 4.78 is 0. The Hall–Kier alpha value is -6.50. The van der Waals surface area contributed by atoms with E-state index in [-0.39, 0.29) is 10.8 Å². The van der Waals surface area contributed by atoms with Gasteiger partial charge in [0.25, 0.3) is 0 Å². The number of allylic oxidation sites excluding steroid dienone is 2. The summed E-state index contributed by atoms with van der Waals surface area (Å²) in [4.78, 5) is 0. The highest BCUT2D eigenvalue weighted by molar-refractivity contribution is 6.22. The number of benzene rings is 9. The van der Waals surface area contributed by atoms with E-state index in [0.717, 1.165) is 19.3 Å². The lowest BCUT2D eigenvalue weighted by molar-refractivity contribution is 0.616. The second kappa shape index (κ2) is 14.0. The number of rotatable bonds is 7. The van der Waals surface area contributed by atoms with E-state index < -0.39 is 0 Å². The van der Waals surface area contributed by atoms with Gasteiger partial charge < -0.3 is 0 Å². The molecule has 0 aliphatic heterocycles. The number of fused-ring (bicyclic) bond motifs is 7. The van der Waals surface area contributed by atoms with Crippen LogP contribution in [0.5, 0.6) is 0 Å². The van der Waals surface area contributed by atoms with Gasteiger partial charge in [0.15, 0.2) is 0 Å². The zero-order valence-electron chi connectivity index (χ0n) is 36.3. The number of hydrogen-bond donors (Lipinski definition) is 0. The first kappa shape index (κ1) is 37.5. The Bertz CT molecular complexity index is 3290. The molecule has 0 heterocycles. The second-order valence-corrected chi connectivity index (χ2v) is 18.6. The maximum absolute atomic E-state index is 2.55. The minimum absolute atomic E-state index is 0.0115. The van der Waals surface area contributed by atoms with E-state index in [1.807, 2.05) is 0 Å². The molecular weight excluding hydrogens is 733 g/mol. The normalized spacial score (nSPS) is 14.8. The summed E-state index contributed by atoms with van der Waals surface area (Å²) in [5.74, 6) is 0. The Morgan fingerprint density at radius 2 is 0.902 bits per heavy atom. The van der Waals surface area contributed by atoms with Crippen molar-refractivity contribution in [2.45, 2.75) is 71.6 Å². The van der Waals surface area contributed by atoms with Crippen LogP contribution in [-0.2, 0) is 10.8 Å². The molecule has 0 fully saturated rings. The van der Waals surface area contributed by atoms with E-state index in [0.29, 0.717) is 0 Å². The highest BCUT2D eigenvalue weighted by Gasteiger charge is 2.37. The van der Waals surface area contributed by atoms with Gasteiger partial charge in [-0.1, -0.05) is 193 Å². The quantitative estimate of drug-likeness (QED) is 0.141. The zero-order chi connectivity index (χ0) is 41.6.